The maximum atomic E-state index is 12.3. The summed E-state index contributed by atoms with van der Waals surface area (Å²) in [4.78, 5) is 14.2. The summed E-state index contributed by atoms with van der Waals surface area (Å²) in [5.74, 6) is 0.340. The molecule has 1 atom stereocenters. The van der Waals surface area contributed by atoms with Crippen molar-refractivity contribution in [1.29, 1.82) is 0 Å². The third-order valence-electron chi connectivity index (χ3n) is 5.54. The molecule has 0 saturated carbocycles. The first-order chi connectivity index (χ1) is 10.8. The Morgan fingerprint density at radius 1 is 1.30 bits per heavy atom. The third kappa shape index (κ3) is 2.57. The van der Waals surface area contributed by atoms with Gasteiger partial charge in [0, 0.05) is 45.7 Å². The van der Waals surface area contributed by atoms with Crippen molar-refractivity contribution < 1.29 is 13.2 Å². The summed E-state index contributed by atoms with van der Waals surface area (Å²) < 4.78 is 27.5. The van der Waals surface area contributed by atoms with Gasteiger partial charge in [0.2, 0.25) is 15.9 Å². The number of aromatic nitrogens is 2. The zero-order valence-corrected chi connectivity index (χ0v) is 14.7. The number of sulfonamides is 1. The van der Waals surface area contributed by atoms with E-state index in [4.69, 9.17) is 0 Å². The predicted octanol–water partition coefficient (Wildman–Crippen LogP) is 0.550. The average Bonchev–Trinajstić information content (AvgIpc) is 3.06. The Hall–Kier alpha value is -1.41. The van der Waals surface area contributed by atoms with Crippen LogP contribution in [0.1, 0.15) is 37.7 Å². The van der Waals surface area contributed by atoms with E-state index in [0.717, 1.165) is 5.56 Å². The van der Waals surface area contributed by atoms with Crippen LogP contribution in [-0.2, 0) is 21.9 Å². The lowest BCUT2D eigenvalue weighted by atomic mass is 9.75. The van der Waals surface area contributed by atoms with Crippen LogP contribution in [0.5, 0.6) is 0 Å². The summed E-state index contributed by atoms with van der Waals surface area (Å²) in [6.07, 6.45) is 5.62. The van der Waals surface area contributed by atoms with Crippen molar-refractivity contribution in [1.82, 2.24) is 19.0 Å². The van der Waals surface area contributed by atoms with Crippen LogP contribution in [0.25, 0.3) is 0 Å². The van der Waals surface area contributed by atoms with Crippen molar-refractivity contribution in [3.63, 3.8) is 0 Å². The molecule has 1 unspecified atom stereocenters. The predicted molar refractivity (Wildman–Crippen MR) is 86.3 cm³/mol. The number of hydrogen-bond donors (Lipinski definition) is 0. The zero-order chi connectivity index (χ0) is 16.8. The Balaban J connectivity index is 1.88. The fourth-order valence-corrected chi connectivity index (χ4v) is 5.15. The first kappa shape index (κ1) is 16.4. The highest BCUT2D eigenvalue weighted by Crippen LogP contribution is 2.48. The molecule has 0 radical (unpaired) electrons. The van der Waals surface area contributed by atoms with E-state index in [1.165, 1.54) is 0 Å². The molecule has 7 nitrogen and oxygen atoms in total. The van der Waals surface area contributed by atoms with E-state index in [1.54, 1.807) is 15.9 Å². The molecule has 1 spiro atoms. The van der Waals surface area contributed by atoms with E-state index < -0.39 is 10.0 Å². The number of nitrogens with zero attached hydrogens (tertiary/aromatic N) is 4. The lowest BCUT2D eigenvalue weighted by Crippen LogP contribution is -2.55. The fraction of sp³-hybridized carbons (Fsp3) is 0.733. The largest absolute Gasteiger partial charge is 0.339 e. The molecule has 0 aliphatic carbocycles. The lowest BCUT2D eigenvalue weighted by Gasteiger charge is -2.46. The van der Waals surface area contributed by atoms with Gasteiger partial charge in [-0.2, -0.15) is 5.10 Å². The van der Waals surface area contributed by atoms with Crippen LogP contribution >= 0.6 is 0 Å². The van der Waals surface area contributed by atoms with Gasteiger partial charge < -0.3 is 4.90 Å². The van der Waals surface area contributed by atoms with Crippen molar-refractivity contribution in [2.45, 2.75) is 37.6 Å². The quantitative estimate of drug-likeness (QED) is 0.805. The van der Waals surface area contributed by atoms with Crippen LogP contribution in [0.4, 0.5) is 0 Å². The minimum atomic E-state index is -3.16. The third-order valence-corrected chi connectivity index (χ3v) is 7.42. The van der Waals surface area contributed by atoms with Crippen molar-refractivity contribution in [3.05, 3.63) is 18.0 Å². The Bertz CT molecular complexity index is 704. The summed E-state index contributed by atoms with van der Waals surface area (Å²) in [6.45, 7) is 2.62. The lowest BCUT2D eigenvalue weighted by molar-refractivity contribution is -0.130. The summed E-state index contributed by atoms with van der Waals surface area (Å²) in [5.41, 5.74) is 0.775. The van der Waals surface area contributed by atoms with Crippen LogP contribution < -0.4 is 0 Å². The molecule has 1 aromatic rings. The maximum Gasteiger partial charge on any atom is 0.223 e. The van der Waals surface area contributed by atoms with E-state index in [2.05, 4.69) is 5.10 Å². The van der Waals surface area contributed by atoms with E-state index in [-0.39, 0.29) is 23.1 Å². The number of carbonyl (C=O) groups is 1. The van der Waals surface area contributed by atoms with Crippen LogP contribution in [0, 0.1) is 0 Å². The van der Waals surface area contributed by atoms with E-state index in [0.29, 0.717) is 32.4 Å². The number of amides is 1. The number of likely N-dealkylation sites (tertiary alicyclic amines) is 1. The molecule has 2 saturated heterocycles. The molecule has 1 amide bonds. The van der Waals surface area contributed by atoms with Gasteiger partial charge >= 0.3 is 0 Å². The molecule has 3 rings (SSSR count). The molecule has 23 heavy (non-hydrogen) atoms. The monoisotopic (exact) mass is 340 g/mol. The van der Waals surface area contributed by atoms with Crippen LogP contribution in [0.2, 0.25) is 0 Å². The highest BCUT2D eigenvalue weighted by molar-refractivity contribution is 7.89. The van der Waals surface area contributed by atoms with Gasteiger partial charge in [-0.1, -0.05) is 0 Å². The van der Waals surface area contributed by atoms with Crippen molar-refractivity contribution in [2.24, 2.45) is 7.05 Å². The van der Waals surface area contributed by atoms with Crippen molar-refractivity contribution in [3.8, 4) is 0 Å². The van der Waals surface area contributed by atoms with Gasteiger partial charge in [0.25, 0.3) is 0 Å². The number of carbonyl (C=O) groups excluding carboxylic acids is 1. The minimum Gasteiger partial charge on any atom is -0.339 e. The smallest absolute Gasteiger partial charge is 0.223 e. The van der Waals surface area contributed by atoms with Crippen LogP contribution in [0.15, 0.2) is 12.4 Å². The van der Waals surface area contributed by atoms with Gasteiger partial charge in [-0.05, 0) is 25.3 Å². The molecule has 2 fully saturated rings. The van der Waals surface area contributed by atoms with Gasteiger partial charge in [0.15, 0.2) is 0 Å². The SMILES string of the molecule is CCS(=O)(=O)N1CCC2(CC1)C(c1cnn(C)c1)CC(=O)N2C. The number of rotatable bonds is 3. The Morgan fingerprint density at radius 2 is 1.96 bits per heavy atom. The average molecular weight is 340 g/mol. The summed E-state index contributed by atoms with van der Waals surface area (Å²) in [6, 6.07) is 0. The fourth-order valence-electron chi connectivity index (χ4n) is 4.05. The van der Waals surface area contributed by atoms with Gasteiger partial charge in [-0.3, -0.25) is 9.48 Å². The minimum absolute atomic E-state index is 0.0835. The normalized spacial score (nSPS) is 25.4. The topological polar surface area (TPSA) is 75.5 Å². The Morgan fingerprint density at radius 3 is 2.48 bits per heavy atom. The summed E-state index contributed by atoms with van der Waals surface area (Å²) >= 11 is 0. The standard InChI is InChI=1S/C15H24N4O3S/c1-4-23(21,22)19-7-5-15(6-8-19)13(9-14(20)18(15)3)12-10-16-17(2)11-12/h10-11,13H,4-9H2,1-3H3. The summed E-state index contributed by atoms with van der Waals surface area (Å²) in [7, 11) is 0.555. The number of hydrogen-bond acceptors (Lipinski definition) is 4. The molecule has 0 N–H and O–H groups in total. The molecule has 3 heterocycles. The second-order valence-electron chi connectivity index (χ2n) is 6.56. The van der Waals surface area contributed by atoms with E-state index in [9.17, 15) is 13.2 Å². The molecule has 0 aromatic carbocycles. The van der Waals surface area contributed by atoms with Gasteiger partial charge in [0.05, 0.1) is 17.5 Å². The molecule has 128 valence electrons. The zero-order valence-electron chi connectivity index (χ0n) is 13.9. The van der Waals surface area contributed by atoms with E-state index >= 15 is 0 Å². The maximum absolute atomic E-state index is 12.3. The highest BCUT2D eigenvalue weighted by atomic mass is 32.2. The molecule has 2 aliphatic heterocycles. The highest BCUT2D eigenvalue weighted by Gasteiger charge is 2.53. The molecule has 8 heteroatoms. The molecular formula is C15H24N4O3S. The van der Waals surface area contributed by atoms with E-state index in [1.807, 2.05) is 31.4 Å². The molecule has 2 aliphatic rings. The first-order valence-corrected chi connectivity index (χ1v) is 9.64. The van der Waals surface area contributed by atoms with Gasteiger partial charge in [0.1, 0.15) is 0 Å². The molecule has 0 bridgehead atoms. The Kier molecular flexibility index (Phi) is 4.00. The first-order valence-electron chi connectivity index (χ1n) is 8.03. The number of likely N-dealkylation sites (N-methyl/N-ethyl adjacent to an activating group) is 1. The molecular weight excluding hydrogens is 316 g/mol. The summed E-state index contributed by atoms with van der Waals surface area (Å²) in [5, 5.41) is 4.24. The van der Waals surface area contributed by atoms with Gasteiger partial charge in [-0.25, -0.2) is 12.7 Å². The number of aryl methyl sites for hydroxylation is 1. The van der Waals surface area contributed by atoms with Crippen LogP contribution in [-0.4, -0.2) is 64.7 Å². The Labute approximate surface area is 137 Å². The number of piperidine rings is 1. The second-order valence-corrected chi connectivity index (χ2v) is 8.82. The van der Waals surface area contributed by atoms with Crippen LogP contribution in [0.3, 0.4) is 0 Å². The van der Waals surface area contributed by atoms with Crippen molar-refractivity contribution in [2.75, 3.05) is 25.9 Å². The molecule has 1 aromatic heterocycles. The van der Waals surface area contributed by atoms with Crippen molar-refractivity contribution >= 4 is 15.9 Å². The van der Waals surface area contributed by atoms with Gasteiger partial charge in [-0.15, -0.1) is 0 Å². The second kappa shape index (κ2) is 5.59.